The number of amides is 1. The van der Waals surface area contributed by atoms with Crippen molar-refractivity contribution in [1.29, 1.82) is 0 Å². The Morgan fingerprint density at radius 2 is 2.35 bits per heavy atom. The highest BCUT2D eigenvalue weighted by Gasteiger charge is 2.15. The van der Waals surface area contributed by atoms with Crippen LogP contribution in [0.1, 0.15) is 17.9 Å². The molecule has 0 radical (unpaired) electrons. The SMILES string of the molecule is CSC[C@H](C)C(=O)NC[C@H](O)c1ccc(Cl)s1. The third kappa shape index (κ3) is 4.87. The lowest BCUT2D eigenvalue weighted by Crippen LogP contribution is -2.33. The summed E-state index contributed by atoms with van der Waals surface area (Å²) in [5, 5.41) is 12.6. The lowest BCUT2D eigenvalue weighted by atomic mass is 10.2. The summed E-state index contributed by atoms with van der Waals surface area (Å²) < 4.78 is 0.640. The van der Waals surface area contributed by atoms with Gasteiger partial charge in [-0.3, -0.25) is 4.79 Å². The zero-order valence-corrected chi connectivity index (χ0v) is 12.2. The second kappa shape index (κ2) is 7.26. The third-order valence-electron chi connectivity index (χ3n) is 2.26. The second-order valence-corrected chi connectivity index (χ2v) is 6.42. The molecule has 0 fully saturated rings. The van der Waals surface area contributed by atoms with Gasteiger partial charge in [-0.2, -0.15) is 11.8 Å². The molecule has 0 bridgehead atoms. The van der Waals surface area contributed by atoms with Crippen LogP contribution in [0.4, 0.5) is 0 Å². The molecule has 1 rings (SSSR count). The molecular formula is C11H16ClNO2S2. The van der Waals surface area contributed by atoms with Gasteiger partial charge in [0.15, 0.2) is 0 Å². The molecule has 6 heteroatoms. The van der Waals surface area contributed by atoms with Crippen LogP contribution in [0.2, 0.25) is 4.34 Å². The maximum absolute atomic E-state index is 11.6. The van der Waals surface area contributed by atoms with Crippen LogP contribution in [0.25, 0.3) is 0 Å². The Kier molecular flexibility index (Phi) is 6.33. The number of halogens is 1. The first-order valence-corrected chi connectivity index (χ1v) is 7.83. The van der Waals surface area contributed by atoms with Crippen molar-refractivity contribution in [3.05, 3.63) is 21.3 Å². The molecule has 0 spiro atoms. The molecule has 1 heterocycles. The maximum atomic E-state index is 11.6. The minimum atomic E-state index is -0.682. The zero-order valence-electron chi connectivity index (χ0n) is 9.77. The lowest BCUT2D eigenvalue weighted by molar-refractivity contribution is -0.124. The average Bonchev–Trinajstić information content (AvgIpc) is 2.72. The Morgan fingerprint density at radius 1 is 1.65 bits per heavy atom. The minimum Gasteiger partial charge on any atom is -0.386 e. The molecule has 1 aromatic rings. The summed E-state index contributed by atoms with van der Waals surface area (Å²) in [5.41, 5.74) is 0. The first kappa shape index (κ1) is 14.8. The number of carbonyl (C=O) groups is 1. The van der Waals surface area contributed by atoms with Gasteiger partial charge in [-0.15, -0.1) is 11.3 Å². The summed E-state index contributed by atoms with van der Waals surface area (Å²) in [6.45, 7) is 2.11. The maximum Gasteiger partial charge on any atom is 0.223 e. The summed E-state index contributed by atoms with van der Waals surface area (Å²) >= 11 is 8.74. The van der Waals surface area contributed by atoms with E-state index in [9.17, 15) is 9.90 Å². The molecule has 2 N–H and O–H groups in total. The highest BCUT2D eigenvalue weighted by atomic mass is 35.5. The van der Waals surface area contributed by atoms with Crippen molar-refractivity contribution in [2.45, 2.75) is 13.0 Å². The van der Waals surface area contributed by atoms with Crippen LogP contribution in [0.15, 0.2) is 12.1 Å². The average molecular weight is 294 g/mol. The number of nitrogens with one attached hydrogen (secondary N) is 1. The summed E-state index contributed by atoms with van der Waals surface area (Å²) in [5.74, 6) is 0.720. The molecule has 0 aliphatic carbocycles. The Bertz CT molecular complexity index is 370. The number of thioether (sulfide) groups is 1. The highest BCUT2D eigenvalue weighted by Crippen LogP contribution is 2.26. The predicted molar refractivity (Wildman–Crippen MR) is 74.8 cm³/mol. The molecule has 0 saturated heterocycles. The number of hydrogen-bond donors (Lipinski definition) is 2. The quantitative estimate of drug-likeness (QED) is 0.847. The van der Waals surface area contributed by atoms with Gasteiger partial charge in [0, 0.05) is 23.1 Å². The summed E-state index contributed by atoms with van der Waals surface area (Å²) in [6, 6.07) is 3.51. The van der Waals surface area contributed by atoms with E-state index in [2.05, 4.69) is 5.32 Å². The minimum absolute atomic E-state index is 0.0268. The molecule has 0 aliphatic heterocycles. The molecule has 0 unspecified atom stereocenters. The molecule has 0 aromatic carbocycles. The van der Waals surface area contributed by atoms with Crippen LogP contribution < -0.4 is 5.32 Å². The predicted octanol–water partition coefficient (Wildman–Crippen LogP) is 2.55. The Morgan fingerprint density at radius 3 is 2.88 bits per heavy atom. The van der Waals surface area contributed by atoms with Gasteiger partial charge in [0.25, 0.3) is 0 Å². The smallest absolute Gasteiger partial charge is 0.223 e. The molecule has 17 heavy (non-hydrogen) atoms. The fourth-order valence-corrected chi connectivity index (χ4v) is 3.00. The molecule has 1 aromatic heterocycles. The van der Waals surface area contributed by atoms with Crippen LogP contribution in [-0.4, -0.2) is 29.6 Å². The fourth-order valence-electron chi connectivity index (χ4n) is 1.31. The van der Waals surface area contributed by atoms with Gasteiger partial charge in [-0.05, 0) is 18.4 Å². The van der Waals surface area contributed by atoms with Crippen LogP contribution >= 0.6 is 34.7 Å². The van der Waals surface area contributed by atoms with Crippen molar-refractivity contribution in [2.75, 3.05) is 18.6 Å². The normalized spacial score (nSPS) is 14.4. The van der Waals surface area contributed by atoms with Crippen LogP contribution in [-0.2, 0) is 4.79 Å². The monoisotopic (exact) mass is 293 g/mol. The highest BCUT2D eigenvalue weighted by molar-refractivity contribution is 7.98. The molecule has 2 atom stereocenters. The van der Waals surface area contributed by atoms with E-state index < -0.39 is 6.10 Å². The zero-order chi connectivity index (χ0) is 12.8. The van der Waals surface area contributed by atoms with Crippen molar-refractivity contribution < 1.29 is 9.90 Å². The van der Waals surface area contributed by atoms with Crippen LogP contribution in [0, 0.1) is 5.92 Å². The van der Waals surface area contributed by atoms with E-state index in [1.807, 2.05) is 13.2 Å². The van der Waals surface area contributed by atoms with Crippen molar-refractivity contribution >= 4 is 40.6 Å². The molecule has 96 valence electrons. The lowest BCUT2D eigenvalue weighted by Gasteiger charge is -2.13. The largest absolute Gasteiger partial charge is 0.386 e. The second-order valence-electron chi connectivity index (χ2n) is 3.76. The van der Waals surface area contributed by atoms with E-state index in [0.29, 0.717) is 4.34 Å². The van der Waals surface area contributed by atoms with Gasteiger partial charge < -0.3 is 10.4 Å². The van der Waals surface area contributed by atoms with Gasteiger partial charge in [0.05, 0.1) is 4.34 Å². The fraction of sp³-hybridized carbons (Fsp3) is 0.545. The van der Waals surface area contributed by atoms with Gasteiger partial charge in [0.1, 0.15) is 6.10 Å². The van der Waals surface area contributed by atoms with E-state index in [-0.39, 0.29) is 18.4 Å². The van der Waals surface area contributed by atoms with E-state index in [1.54, 1.807) is 23.9 Å². The number of hydrogen-bond acceptors (Lipinski definition) is 4. The number of aliphatic hydroxyl groups is 1. The Balaban J connectivity index is 2.38. The molecule has 3 nitrogen and oxygen atoms in total. The number of aliphatic hydroxyl groups excluding tert-OH is 1. The van der Waals surface area contributed by atoms with Crippen LogP contribution in [0.3, 0.4) is 0 Å². The number of rotatable bonds is 6. The first-order valence-electron chi connectivity index (χ1n) is 5.24. The van der Waals surface area contributed by atoms with Crippen LogP contribution in [0.5, 0.6) is 0 Å². The topological polar surface area (TPSA) is 49.3 Å². The van der Waals surface area contributed by atoms with E-state index in [4.69, 9.17) is 11.6 Å². The van der Waals surface area contributed by atoms with Crippen molar-refractivity contribution in [1.82, 2.24) is 5.32 Å². The first-order chi connectivity index (χ1) is 8.04. The Labute approximate surface area is 115 Å². The van der Waals surface area contributed by atoms with Gasteiger partial charge in [0.2, 0.25) is 5.91 Å². The number of carbonyl (C=O) groups excluding carboxylic acids is 1. The van der Waals surface area contributed by atoms with Crippen molar-refractivity contribution in [3.8, 4) is 0 Å². The van der Waals surface area contributed by atoms with Crippen molar-refractivity contribution in [2.24, 2.45) is 5.92 Å². The van der Waals surface area contributed by atoms with E-state index >= 15 is 0 Å². The molecular weight excluding hydrogens is 278 g/mol. The summed E-state index contributed by atoms with van der Waals surface area (Å²) in [6.07, 6.45) is 1.28. The van der Waals surface area contributed by atoms with Gasteiger partial charge in [-0.1, -0.05) is 18.5 Å². The van der Waals surface area contributed by atoms with Crippen molar-refractivity contribution in [3.63, 3.8) is 0 Å². The molecule has 0 saturated carbocycles. The summed E-state index contributed by atoms with van der Waals surface area (Å²) in [4.78, 5) is 12.4. The summed E-state index contributed by atoms with van der Waals surface area (Å²) in [7, 11) is 0. The van der Waals surface area contributed by atoms with E-state index in [0.717, 1.165) is 10.6 Å². The standard InChI is InChI=1S/C11H16ClNO2S2/c1-7(6-16-2)11(15)13-5-8(14)9-3-4-10(12)17-9/h3-4,7-8,14H,5-6H2,1-2H3,(H,13,15)/t7-,8-/m0/s1. The van der Waals surface area contributed by atoms with Gasteiger partial charge in [-0.25, -0.2) is 0 Å². The van der Waals surface area contributed by atoms with E-state index in [1.165, 1.54) is 11.3 Å². The molecule has 1 amide bonds. The number of thiophene rings is 1. The molecule has 0 aliphatic rings. The third-order valence-corrected chi connectivity index (χ3v) is 4.42. The Hall–Kier alpha value is -0.230. The van der Waals surface area contributed by atoms with Gasteiger partial charge >= 0.3 is 0 Å².